The predicted octanol–water partition coefficient (Wildman–Crippen LogP) is 17.2. The summed E-state index contributed by atoms with van der Waals surface area (Å²) in [6.07, 6.45) is 43.0. The van der Waals surface area contributed by atoms with E-state index in [0.29, 0.717) is 25.6 Å². The van der Waals surface area contributed by atoms with Gasteiger partial charge in [0.2, 0.25) is 0 Å². The Bertz CT molecular complexity index is 3380. The molecule has 3 aliphatic carbocycles. The van der Waals surface area contributed by atoms with Crippen molar-refractivity contribution in [1.29, 1.82) is 0 Å². The van der Waals surface area contributed by atoms with Crippen LogP contribution in [0.3, 0.4) is 0 Å². The third-order valence-electron chi connectivity index (χ3n) is 17.5. The highest BCUT2D eigenvalue weighted by Gasteiger charge is 2.45. The second kappa shape index (κ2) is 22.5. The number of nitrogens with two attached hydrogens (primary N) is 3. The summed E-state index contributed by atoms with van der Waals surface area (Å²) in [5, 5.41) is 3.79. The first kappa shape index (κ1) is 50.8. The number of rotatable bonds is 12. The highest BCUT2D eigenvalue weighted by atomic mass is 16.3. The first-order chi connectivity index (χ1) is 36.9. The van der Waals surface area contributed by atoms with E-state index in [1.165, 1.54) is 128 Å². The van der Waals surface area contributed by atoms with Crippen LogP contribution in [-0.4, -0.2) is 34.3 Å². The molecule has 4 aliphatic rings. The first-order valence-corrected chi connectivity index (χ1v) is 28.9. The summed E-state index contributed by atoms with van der Waals surface area (Å²) in [4.78, 5) is 2.66. The van der Waals surface area contributed by atoms with Crippen LogP contribution in [0.4, 0.5) is 11.4 Å². The number of fused-ring (bicyclic) bond motifs is 10. The number of unbranched alkanes of at least 4 members (excludes halogenated alkanes) is 1. The van der Waals surface area contributed by atoms with Crippen molar-refractivity contribution < 1.29 is 4.42 Å². The van der Waals surface area contributed by atoms with E-state index in [0.717, 1.165) is 75.6 Å². The minimum Gasteiger partial charge on any atom is -0.456 e. The lowest BCUT2D eigenvalue weighted by Crippen LogP contribution is -2.40. The summed E-state index contributed by atoms with van der Waals surface area (Å²) in [6.45, 7) is 8.82. The number of aromatic nitrogens is 2. The van der Waals surface area contributed by atoms with Gasteiger partial charge in [-0.05, 0) is 198 Å². The number of anilines is 2. The predicted molar refractivity (Wildman–Crippen MR) is 321 cm³/mol. The Morgan fingerprint density at radius 2 is 1.44 bits per heavy atom. The van der Waals surface area contributed by atoms with Crippen LogP contribution in [0.25, 0.3) is 68.0 Å². The molecule has 4 aromatic carbocycles. The molecule has 0 saturated heterocycles. The van der Waals surface area contributed by atoms with Gasteiger partial charge in [0.1, 0.15) is 11.3 Å². The summed E-state index contributed by atoms with van der Waals surface area (Å²) in [6, 6.07) is 30.5. The van der Waals surface area contributed by atoms with Gasteiger partial charge in [0.25, 0.3) is 0 Å². The lowest BCUT2D eigenvalue weighted by Gasteiger charge is -2.38. The van der Waals surface area contributed by atoms with Gasteiger partial charge in [-0.1, -0.05) is 113 Å². The molecule has 1 aliphatic heterocycles. The lowest BCUT2D eigenvalue weighted by atomic mass is 9.84. The normalized spacial score (nSPS) is 23.1. The molecule has 3 aromatic heterocycles. The van der Waals surface area contributed by atoms with Crippen LogP contribution in [0.1, 0.15) is 181 Å². The van der Waals surface area contributed by atoms with E-state index in [9.17, 15) is 0 Å². The molecule has 7 nitrogen and oxygen atoms in total. The molecule has 0 bridgehead atoms. The number of nitrogens with zero attached hydrogens (tertiary/aromatic N) is 3. The van der Waals surface area contributed by atoms with Crippen molar-refractivity contribution in [3.8, 4) is 11.4 Å². The number of benzene rings is 4. The smallest absolute Gasteiger partial charge is 0.135 e. The van der Waals surface area contributed by atoms with Crippen LogP contribution in [0.5, 0.6) is 0 Å². The molecule has 4 unspecified atom stereocenters. The van der Waals surface area contributed by atoms with Crippen molar-refractivity contribution in [3.63, 3.8) is 0 Å². The SMILES string of the molecule is CCCCC(CC)c1c(/C=C\CN)n(-c2ccc3c(c2)c2c(n3-c3ccc4c(c3)/C3=C/C=C\CCCCC3(C)N4c3ccc4oc5c(c4c3)C(CN)CCC/C=C/C=C\5)/C=C\CCCCCC2CN)c2ccccc12. The molecule has 388 valence electrons. The van der Waals surface area contributed by atoms with Crippen molar-refractivity contribution in [1.82, 2.24) is 9.13 Å². The molecule has 11 rings (SSSR count). The topological polar surface area (TPSA) is 104 Å². The largest absolute Gasteiger partial charge is 0.456 e. The van der Waals surface area contributed by atoms with E-state index >= 15 is 0 Å². The van der Waals surface area contributed by atoms with Crippen LogP contribution in [0.2, 0.25) is 0 Å². The third-order valence-corrected chi connectivity index (χ3v) is 17.5. The zero-order chi connectivity index (χ0) is 51.5. The summed E-state index contributed by atoms with van der Waals surface area (Å²) in [5.41, 5.74) is 36.9. The van der Waals surface area contributed by atoms with Crippen molar-refractivity contribution in [2.45, 2.75) is 147 Å². The fraction of sp³-hybridized carbons (Fsp3) is 0.382. The zero-order valence-electron chi connectivity index (χ0n) is 45.0. The highest BCUT2D eigenvalue weighted by Crippen LogP contribution is 2.55. The van der Waals surface area contributed by atoms with E-state index in [2.05, 4.69) is 181 Å². The Morgan fingerprint density at radius 3 is 2.29 bits per heavy atom. The maximum absolute atomic E-state index is 6.95. The highest BCUT2D eigenvalue weighted by molar-refractivity contribution is 6.00. The van der Waals surface area contributed by atoms with Crippen LogP contribution >= 0.6 is 0 Å². The lowest BCUT2D eigenvalue weighted by molar-refractivity contribution is 0.515. The van der Waals surface area contributed by atoms with Gasteiger partial charge >= 0.3 is 0 Å². The molecule has 4 atom stereocenters. The average molecular weight is 997 g/mol. The second-order valence-electron chi connectivity index (χ2n) is 22.1. The molecule has 7 aromatic rings. The van der Waals surface area contributed by atoms with Gasteiger partial charge in [-0.3, -0.25) is 0 Å². The number of allylic oxidation sites excluding steroid dienone is 7. The minimum atomic E-state index is -0.292. The molecule has 0 spiro atoms. The van der Waals surface area contributed by atoms with E-state index < -0.39 is 0 Å². The van der Waals surface area contributed by atoms with Crippen LogP contribution in [0, 0.1) is 0 Å². The van der Waals surface area contributed by atoms with E-state index in [1.54, 1.807) is 0 Å². The monoisotopic (exact) mass is 997 g/mol. The van der Waals surface area contributed by atoms with E-state index in [4.69, 9.17) is 21.6 Å². The van der Waals surface area contributed by atoms with Gasteiger partial charge in [-0.2, -0.15) is 0 Å². The zero-order valence-corrected chi connectivity index (χ0v) is 45.0. The van der Waals surface area contributed by atoms with Crippen molar-refractivity contribution >= 4 is 68.0 Å². The van der Waals surface area contributed by atoms with Gasteiger partial charge in [0.05, 0.1) is 28.0 Å². The van der Waals surface area contributed by atoms with Gasteiger partial charge in [0.15, 0.2) is 0 Å². The Hall–Kier alpha value is -6.38. The Labute approximate surface area is 446 Å². The summed E-state index contributed by atoms with van der Waals surface area (Å²) < 4.78 is 11.8. The molecule has 0 saturated carbocycles. The molecule has 7 heteroatoms. The third kappa shape index (κ3) is 9.33. The molecule has 4 heterocycles. The average Bonchev–Trinajstić information content (AvgIpc) is 4.18. The summed E-state index contributed by atoms with van der Waals surface area (Å²) >= 11 is 0. The Balaban J connectivity index is 1.12. The minimum absolute atomic E-state index is 0.209. The van der Waals surface area contributed by atoms with Crippen molar-refractivity contribution in [3.05, 3.63) is 167 Å². The van der Waals surface area contributed by atoms with Crippen molar-refractivity contribution in [2.24, 2.45) is 17.2 Å². The molecular formula is C68H80N6O. The van der Waals surface area contributed by atoms with Gasteiger partial charge in [0, 0.05) is 62.5 Å². The maximum Gasteiger partial charge on any atom is 0.135 e. The maximum atomic E-state index is 6.95. The van der Waals surface area contributed by atoms with Gasteiger partial charge in [-0.15, -0.1) is 0 Å². The van der Waals surface area contributed by atoms with E-state index in [1.807, 2.05) is 0 Å². The standard InChI is InChI=1S/C68H80N6O/c1-4-6-25-47(5-2)65-53-28-21-22-30-58(53)72(62(65)32-24-41-69)51-34-37-59-55(43-51)66-48(45-70)26-16-10-7-13-19-31-61(66)73(59)50-35-38-60-54(42-50)57-29-18-12-9-15-23-40-68(57,3)74(60)52-36-39-63-56(44-52)67-49(46-71)27-17-11-8-14-20-33-64(67)75-63/h8,12,14,18-22,24,28-39,42-44,47-49H,4-7,9-11,13,15-17,23,25-27,40-41,45-46,69-71H2,1-3H3/b14-8+,18-12-,31-19-,32-24-,33-20-,57-29-. The number of furan rings is 1. The second-order valence-corrected chi connectivity index (χ2v) is 22.1. The van der Waals surface area contributed by atoms with Crippen LogP contribution in [-0.2, 0) is 0 Å². The van der Waals surface area contributed by atoms with Gasteiger partial charge < -0.3 is 35.7 Å². The molecule has 0 fully saturated rings. The van der Waals surface area contributed by atoms with Gasteiger partial charge in [-0.25, -0.2) is 0 Å². The fourth-order valence-electron chi connectivity index (χ4n) is 13.7. The summed E-state index contributed by atoms with van der Waals surface area (Å²) in [7, 11) is 0. The van der Waals surface area contributed by atoms with Crippen LogP contribution in [0.15, 0.2) is 132 Å². The number of hydrogen-bond donors (Lipinski definition) is 3. The molecule has 0 radical (unpaired) electrons. The van der Waals surface area contributed by atoms with Crippen molar-refractivity contribution in [2.75, 3.05) is 24.5 Å². The number of hydrogen-bond acceptors (Lipinski definition) is 5. The molecule has 75 heavy (non-hydrogen) atoms. The first-order valence-electron chi connectivity index (χ1n) is 28.9. The Morgan fingerprint density at radius 1 is 0.693 bits per heavy atom. The molecule has 0 amide bonds. The molecule has 6 N–H and O–H groups in total. The fourth-order valence-corrected chi connectivity index (χ4v) is 13.7. The number of para-hydroxylation sites is 1. The quantitative estimate of drug-likeness (QED) is 0.113. The molecular weight excluding hydrogens is 917 g/mol. The summed E-state index contributed by atoms with van der Waals surface area (Å²) in [5.74, 6) is 1.80. The Kier molecular flexibility index (Phi) is 15.2. The van der Waals surface area contributed by atoms with Crippen LogP contribution < -0.4 is 22.1 Å². The van der Waals surface area contributed by atoms with E-state index in [-0.39, 0.29) is 17.4 Å².